The highest BCUT2D eigenvalue weighted by molar-refractivity contribution is 14.1. The van der Waals surface area contributed by atoms with Gasteiger partial charge in [0.2, 0.25) is 0 Å². The van der Waals surface area contributed by atoms with Crippen molar-refractivity contribution < 1.29 is 0 Å². The molecule has 3 rings (SSSR count). The van der Waals surface area contributed by atoms with Crippen LogP contribution in [0.4, 0.5) is 0 Å². The summed E-state index contributed by atoms with van der Waals surface area (Å²) in [5.74, 6) is 0. The van der Waals surface area contributed by atoms with Crippen LogP contribution in [0.2, 0.25) is 0 Å². The molecule has 104 valence electrons. The average molecular weight is 377 g/mol. The predicted octanol–water partition coefficient (Wildman–Crippen LogP) is 4.81. The van der Waals surface area contributed by atoms with E-state index in [-0.39, 0.29) is 3.55 Å². The third-order valence-electron chi connectivity index (χ3n) is 4.10. The Morgan fingerprint density at radius 2 is 1.15 bits per heavy atom. The zero-order chi connectivity index (χ0) is 13.8. The highest BCUT2D eigenvalue weighted by Crippen LogP contribution is 2.43. The summed E-state index contributed by atoms with van der Waals surface area (Å²) in [6, 6.07) is 21.8. The van der Waals surface area contributed by atoms with Crippen LogP contribution in [-0.2, 0) is 3.55 Å². The summed E-state index contributed by atoms with van der Waals surface area (Å²) in [6.07, 6.45) is 3.99. The van der Waals surface area contributed by atoms with Crippen LogP contribution in [-0.4, -0.2) is 18.0 Å². The molecular formula is C18H20IN. The quantitative estimate of drug-likeness (QED) is 0.422. The first-order valence-corrected chi connectivity index (χ1v) is 8.45. The van der Waals surface area contributed by atoms with Crippen molar-refractivity contribution in [3.05, 3.63) is 71.8 Å². The molecule has 1 aliphatic rings. The second kappa shape index (κ2) is 6.27. The maximum Gasteiger partial charge on any atom is 0.124 e. The fourth-order valence-electron chi connectivity index (χ4n) is 3.05. The molecule has 0 unspecified atom stereocenters. The lowest BCUT2D eigenvalue weighted by Gasteiger charge is -2.42. The molecule has 1 heterocycles. The molecule has 1 nitrogen and oxygen atoms in total. The zero-order valence-corrected chi connectivity index (χ0v) is 13.8. The Bertz CT molecular complexity index is 492. The number of benzene rings is 2. The van der Waals surface area contributed by atoms with Crippen molar-refractivity contribution in [1.29, 1.82) is 0 Å². The van der Waals surface area contributed by atoms with E-state index in [2.05, 4.69) is 88.2 Å². The van der Waals surface area contributed by atoms with E-state index < -0.39 is 0 Å². The molecular weight excluding hydrogens is 357 g/mol. The van der Waals surface area contributed by atoms with E-state index in [9.17, 15) is 0 Å². The topological polar surface area (TPSA) is 3.24 Å². The van der Waals surface area contributed by atoms with Gasteiger partial charge in [-0.15, -0.1) is 0 Å². The molecule has 0 bridgehead atoms. The van der Waals surface area contributed by atoms with Gasteiger partial charge in [0.05, 0.1) is 0 Å². The fourth-order valence-corrected chi connectivity index (χ4v) is 4.25. The Hall–Kier alpha value is -0.870. The van der Waals surface area contributed by atoms with Crippen LogP contribution in [0.3, 0.4) is 0 Å². The molecule has 0 aromatic heterocycles. The summed E-state index contributed by atoms with van der Waals surface area (Å²) in [5.41, 5.74) is 2.77. The van der Waals surface area contributed by atoms with Gasteiger partial charge in [0.1, 0.15) is 3.55 Å². The number of hydrogen-bond acceptors (Lipinski definition) is 1. The number of halogens is 1. The van der Waals surface area contributed by atoms with Gasteiger partial charge >= 0.3 is 0 Å². The van der Waals surface area contributed by atoms with Crippen LogP contribution in [0.1, 0.15) is 30.4 Å². The van der Waals surface area contributed by atoms with Crippen LogP contribution in [0.15, 0.2) is 60.7 Å². The molecule has 1 aliphatic heterocycles. The third-order valence-corrected chi connectivity index (χ3v) is 6.03. The maximum atomic E-state index is 2.65. The van der Waals surface area contributed by atoms with E-state index in [1.807, 2.05) is 0 Å². The molecule has 2 aromatic carbocycles. The molecule has 0 spiro atoms. The lowest BCUT2D eigenvalue weighted by molar-refractivity contribution is 0.175. The summed E-state index contributed by atoms with van der Waals surface area (Å²) in [5, 5.41) is 0. The smallest absolute Gasteiger partial charge is 0.124 e. The second-order valence-corrected chi connectivity index (χ2v) is 6.96. The number of rotatable bonds is 3. The van der Waals surface area contributed by atoms with Gasteiger partial charge in [-0.1, -0.05) is 89.7 Å². The van der Waals surface area contributed by atoms with Crippen LogP contribution < -0.4 is 0 Å². The highest BCUT2D eigenvalue weighted by Gasteiger charge is 2.37. The van der Waals surface area contributed by atoms with E-state index in [0.717, 1.165) is 0 Å². The summed E-state index contributed by atoms with van der Waals surface area (Å²) >= 11 is 2.65. The molecule has 1 fully saturated rings. The minimum Gasteiger partial charge on any atom is -0.282 e. The van der Waals surface area contributed by atoms with E-state index in [1.165, 1.54) is 43.5 Å². The molecule has 20 heavy (non-hydrogen) atoms. The van der Waals surface area contributed by atoms with Gasteiger partial charge in [-0.05, 0) is 24.0 Å². The van der Waals surface area contributed by atoms with E-state index in [1.54, 1.807) is 0 Å². The van der Waals surface area contributed by atoms with E-state index >= 15 is 0 Å². The first-order chi connectivity index (χ1) is 9.82. The Morgan fingerprint density at radius 3 is 1.60 bits per heavy atom. The molecule has 0 saturated carbocycles. The van der Waals surface area contributed by atoms with Crippen molar-refractivity contribution in [2.24, 2.45) is 0 Å². The fraction of sp³-hybridized carbons (Fsp3) is 0.333. The normalized spacial score (nSPS) is 17.1. The van der Waals surface area contributed by atoms with E-state index in [0.29, 0.717) is 0 Å². The molecule has 1 saturated heterocycles. The van der Waals surface area contributed by atoms with Gasteiger partial charge < -0.3 is 0 Å². The molecule has 0 aliphatic carbocycles. The Balaban J connectivity index is 2.07. The maximum absolute atomic E-state index is 2.65. The van der Waals surface area contributed by atoms with Gasteiger partial charge in [0.25, 0.3) is 0 Å². The Morgan fingerprint density at radius 1 is 0.700 bits per heavy atom. The number of hydrogen-bond donors (Lipinski definition) is 0. The van der Waals surface area contributed by atoms with Crippen molar-refractivity contribution in [3.8, 4) is 0 Å². The van der Waals surface area contributed by atoms with Gasteiger partial charge in [0.15, 0.2) is 0 Å². The first kappa shape index (κ1) is 14.1. The minimum atomic E-state index is -0.0410. The standard InChI is InChI=1S/C18H20IN/c19-18(16-10-4-1-5-11-16,17-12-6-2-7-13-17)20-14-8-3-9-15-20/h1-2,4-7,10-13H,3,8-9,14-15H2. The van der Waals surface area contributed by atoms with Gasteiger partial charge in [-0.2, -0.15) is 0 Å². The van der Waals surface area contributed by atoms with Crippen molar-refractivity contribution in [2.45, 2.75) is 22.8 Å². The van der Waals surface area contributed by atoms with Crippen molar-refractivity contribution in [3.63, 3.8) is 0 Å². The molecule has 0 radical (unpaired) electrons. The lowest BCUT2D eigenvalue weighted by Crippen LogP contribution is -2.45. The number of piperidine rings is 1. The molecule has 0 amide bonds. The minimum absolute atomic E-state index is 0.0410. The highest BCUT2D eigenvalue weighted by atomic mass is 127. The van der Waals surface area contributed by atoms with E-state index in [4.69, 9.17) is 0 Å². The summed E-state index contributed by atoms with van der Waals surface area (Å²) in [6.45, 7) is 2.37. The molecule has 0 N–H and O–H groups in total. The third kappa shape index (κ3) is 2.63. The van der Waals surface area contributed by atoms with Crippen LogP contribution in [0, 0.1) is 0 Å². The van der Waals surface area contributed by atoms with Crippen LogP contribution >= 0.6 is 22.6 Å². The van der Waals surface area contributed by atoms with Gasteiger partial charge in [0, 0.05) is 13.1 Å². The van der Waals surface area contributed by atoms with Gasteiger partial charge in [-0.3, -0.25) is 4.90 Å². The summed E-state index contributed by atoms with van der Waals surface area (Å²) in [4.78, 5) is 2.64. The number of likely N-dealkylation sites (tertiary alicyclic amines) is 1. The molecule has 2 heteroatoms. The summed E-state index contributed by atoms with van der Waals surface area (Å²) < 4.78 is -0.0410. The zero-order valence-electron chi connectivity index (χ0n) is 11.6. The summed E-state index contributed by atoms with van der Waals surface area (Å²) in [7, 11) is 0. The second-order valence-electron chi connectivity index (χ2n) is 5.40. The Labute approximate surface area is 135 Å². The molecule has 0 atom stereocenters. The SMILES string of the molecule is IC(c1ccccc1)(c1ccccc1)N1CCCCC1. The first-order valence-electron chi connectivity index (χ1n) is 7.37. The average Bonchev–Trinajstić information content (AvgIpc) is 2.56. The van der Waals surface area contributed by atoms with Crippen molar-refractivity contribution >= 4 is 22.6 Å². The number of nitrogens with zero attached hydrogens (tertiary/aromatic N) is 1. The largest absolute Gasteiger partial charge is 0.282 e. The Kier molecular flexibility index (Phi) is 4.41. The van der Waals surface area contributed by atoms with Gasteiger partial charge in [-0.25, -0.2) is 0 Å². The van der Waals surface area contributed by atoms with Crippen molar-refractivity contribution in [1.82, 2.24) is 4.90 Å². The number of alkyl halides is 1. The monoisotopic (exact) mass is 377 g/mol. The van der Waals surface area contributed by atoms with Crippen LogP contribution in [0.5, 0.6) is 0 Å². The van der Waals surface area contributed by atoms with Crippen molar-refractivity contribution in [2.75, 3.05) is 13.1 Å². The lowest BCUT2D eigenvalue weighted by atomic mass is 9.95. The molecule has 2 aromatic rings. The van der Waals surface area contributed by atoms with Crippen LogP contribution in [0.25, 0.3) is 0 Å². The predicted molar refractivity (Wildman–Crippen MR) is 93.1 cm³/mol.